The van der Waals surface area contributed by atoms with Crippen molar-refractivity contribution >= 4 is 0 Å². The first-order chi connectivity index (χ1) is 9.29. The van der Waals surface area contributed by atoms with Crippen molar-refractivity contribution in [2.24, 2.45) is 11.3 Å². The zero-order valence-electron chi connectivity index (χ0n) is 12.4. The molecule has 1 aromatic carbocycles. The highest BCUT2D eigenvalue weighted by atomic mass is 19.1. The number of rotatable bonds is 0. The van der Waals surface area contributed by atoms with Crippen LogP contribution in [0.3, 0.4) is 0 Å². The first-order valence-corrected chi connectivity index (χ1v) is 7.45. The second-order valence-electron chi connectivity index (χ2n) is 7.54. The van der Waals surface area contributed by atoms with E-state index < -0.39 is 6.10 Å². The van der Waals surface area contributed by atoms with Crippen LogP contribution in [-0.2, 0) is 0 Å². The number of aliphatic hydroxyl groups excluding tert-OH is 1. The van der Waals surface area contributed by atoms with Gasteiger partial charge in [-0.1, -0.05) is 20.8 Å². The fourth-order valence-corrected chi connectivity index (χ4v) is 4.51. The largest absolute Gasteiger partial charge is 0.487 e. The second kappa shape index (κ2) is 4.45. The Labute approximate surface area is 120 Å². The molecule has 0 amide bonds. The number of hydrogen-bond donors (Lipinski definition) is 1. The smallest absolute Gasteiger partial charge is 0.126 e. The molecular formula is C17H23FO2. The summed E-state index contributed by atoms with van der Waals surface area (Å²) in [5, 5.41) is 10.4. The van der Waals surface area contributed by atoms with Gasteiger partial charge in [0.25, 0.3) is 0 Å². The molecule has 0 saturated heterocycles. The maximum absolute atomic E-state index is 13.3. The molecular weight excluding hydrogens is 255 g/mol. The molecule has 3 rings (SSSR count). The average Bonchev–Trinajstić information content (AvgIpc) is 2.27. The van der Waals surface area contributed by atoms with E-state index in [9.17, 15) is 9.50 Å². The predicted octanol–water partition coefficient (Wildman–Crippen LogP) is 4.23. The lowest BCUT2D eigenvalue weighted by Crippen LogP contribution is -2.49. The number of fused-ring (bicyclic) bond motifs is 1. The van der Waals surface area contributed by atoms with Crippen molar-refractivity contribution in [2.75, 3.05) is 0 Å². The lowest BCUT2D eigenvalue weighted by atomic mass is 9.63. The minimum atomic E-state index is -0.629. The van der Waals surface area contributed by atoms with Crippen LogP contribution < -0.4 is 4.74 Å². The van der Waals surface area contributed by atoms with Crippen LogP contribution in [0.5, 0.6) is 5.75 Å². The molecule has 1 spiro atoms. The van der Waals surface area contributed by atoms with Crippen LogP contribution in [0, 0.1) is 17.2 Å². The summed E-state index contributed by atoms with van der Waals surface area (Å²) in [4.78, 5) is 0. The first-order valence-electron chi connectivity index (χ1n) is 7.45. The Morgan fingerprint density at radius 2 is 2.00 bits per heavy atom. The lowest BCUT2D eigenvalue weighted by molar-refractivity contribution is -0.0823. The van der Waals surface area contributed by atoms with E-state index in [4.69, 9.17) is 4.74 Å². The summed E-state index contributed by atoms with van der Waals surface area (Å²) in [6.45, 7) is 6.78. The Kier molecular flexibility index (Phi) is 3.09. The number of ether oxygens (including phenoxy) is 1. The molecule has 0 radical (unpaired) electrons. The van der Waals surface area contributed by atoms with E-state index in [2.05, 4.69) is 20.8 Å². The summed E-state index contributed by atoms with van der Waals surface area (Å²) in [6, 6.07) is 4.45. The van der Waals surface area contributed by atoms with Gasteiger partial charge in [0.1, 0.15) is 17.2 Å². The highest BCUT2D eigenvalue weighted by molar-refractivity contribution is 5.38. The zero-order valence-corrected chi connectivity index (χ0v) is 12.4. The van der Waals surface area contributed by atoms with Crippen LogP contribution in [0.2, 0.25) is 0 Å². The summed E-state index contributed by atoms with van der Waals surface area (Å²) >= 11 is 0. The molecule has 2 nitrogen and oxygen atoms in total. The minimum Gasteiger partial charge on any atom is -0.487 e. The monoisotopic (exact) mass is 278 g/mol. The highest BCUT2D eigenvalue weighted by Gasteiger charge is 2.48. The van der Waals surface area contributed by atoms with E-state index in [1.807, 2.05) is 0 Å². The van der Waals surface area contributed by atoms with Crippen LogP contribution >= 0.6 is 0 Å². The van der Waals surface area contributed by atoms with E-state index in [0.29, 0.717) is 23.7 Å². The summed E-state index contributed by atoms with van der Waals surface area (Å²) in [5.74, 6) is 0.905. The van der Waals surface area contributed by atoms with Crippen molar-refractivity contribution in [2.45, 2.75) is 58.2 Å². The third-order valence-electron chi connectivity index (χ3n) is 4.64. The van der Waals surface area contributed by atoms with Crippen LogP contribution in [-0.4, -0.2) is 10.7 Å². The summed E-state index contributed by atoms with van der Waals surface area (Å²) < 4.78 is 19.6. The van der Waals surface area contributed by atoms with Crippen LogP contribution in [0.15, 0.2) is 18.2 Å². The van der Waals surface area contributed by atoms with Gasteiger partial charge in [0.15, 0.2) is 0 Å². The van der Waals surface area contributed by atoms with Gasteiger partial charge in [0, 0.05) is 12.0 Å². The molecule has 2 aliphatic rings. The van der Waals surface area contributed by atoms with Gasteiger partial charge in [-0.15, -0.1) is 0 Å². The van der Waals surface area contributed by atoms with Crippen LogP contribution in [0.4, 0.5) is 4.39 Å². The molecule has 0 aromatic heterocycles. The molecule has 1 heterocycles. The highest BCUT2D eigenvalue weighted by Crippen LogP contribution is 2.52. The third-order valence-corrected chi connectivity index (χ3v) is 4.64. The Morgan fingerprint density at radius 3 is 2.70 bits per heavy atom. The fraction of sp³-hybridized carbons (Fsp3) is 0.647. The molecule has 0 bridgehead atoms. The number of halogens is 1. The Balaban J connectivity index is 1.96. The summed E-state index contributed by atoms with van der Waals surface area (Å²) in [6.07, 6.45) is 3.03. The first kappa shape index (κ1) is 13.9. The quantitative estimate of drug-likeness (QED) is 0.769. The maximum Gasteiger partial charge on any atom is 0.126 e. The third kappa shape index (κ3) is 2.44. The normalized spacial score (nSPS) is 35.5. The summed E-state index contributed by atoms with van der Waals surface area (Å²) in [5.41, 5.74) is 0.506. The maximum atomic E-state index is 13.3. The predicted molar refractivity (Wildman–Crippen MR) is 76.1 cm³/mol. The van der Waals surface area contributed by atoms with Crippen molar-refractivity contribution in [1.82, 2.24) is 0 Å². The molecule has 1 aliphatic carbocycles. The van der Waals surface area contributed by atoms with Gasteiger partial charge < -0.3 is 9.84 Å². The molecule has 3 atom stereocenters. The van der Waals surface area contributed by atoms with Crippen molar-refractivity contribution in [3.8, 4) is 5.75 Å². The van der Waals surface area contributed by atoms with Crippen LogP contribution in [0.25, 0.3) is 0 Å². The van der Waals surface area contributed by atoms with Crippen molar-refractivity contribution in [3.05, 3.63) is 29.6 Å². The SMILES string of the molecule is CC1CC(C)(C)CC2(C1)C[C@@H](O)c1cc(F)ccc1O2. The standard InChI is InChI=1S/C17H23FO2/c1-11-7-16(2,3)10-17(8-11)9-14(19)13-6-12(18)4-5-15(13)20-17/h4-6,11,14,19H,7-10H2,1-3H3/t11?,14-,17?/m1/s1. The Morgan fingerprint density at radius 1 is 1.25 bits per heavy atom. The van der Waals surface area contributed by atoms with Crippen molar-refractivity contribution in [3.63, 3.8) is 0 Å². The lowest BCUT2D eigenvalue weighted by Gasteiger charge is -2.50. The van der Waals surface area contributed by atoms with E-state index in [1.54, 1.807) is 6.07 Å². The molecule has 1 fully saturated rings. The Hall–Kier alpha value is -1.09. The molecule has 110 valence electrons. The van der Waals surface area contributed by atoms with E-state index >= 15 is 0 Å². The minimum absolute atomic E-state index is 0.217. The van der Waals surface area contributed by atoms with Gasteiger partial charge in [-0.05, 0) is 48.8 Å². The fourth-order valence-electron chi connectivity index (χ4n) is 4.51. The van der Waals surface area contributed by atoms with Gasteiger partial charge in [0.2, 0.25) is 0 Å². The van der Waals surface area contributed by atoms with Crippen LogP contribution in [0.1, 0.15) is 58.1 Å². The van der Waals surface area contributed by atoms with Gasteiger partial charge in [-0.3, -0.25) is 0 Å². The molecule has 1 aromatic rings. The van der Waals surface area contributed by atoms with E-state index in [0.717, 1.165) is 12.8 Å². The zero-order chi connectivity index (χ0) is 14.5. The summed E-state index contributed by atoms with van der Waals surface area (Å²) in [7, 11) is 0. The molecule has 1 saturated carbocycles. The van der Waals surface area contributed by atoms with E-state index in [1.165, 1.54) is 18.6 Å². The van der Waals surface area contributed by atoms with Crippen molar-refractivity contribution < 1.29 is 14.2 Å². The number of aliphatic hydroxyl groups is 1. The number of benzene rings is 1. The molecule has 20 heavy (non-hydrogen) atoms. The molecule has 3 heteroatoms. The second-order valence-corrected chi connectivity index (χ2v) is 7.54. The molecule has 2 unspecified atom stereocenters. The topological polar surface area (TPSA) is 29.5 Å². The Bertz CT molecular complexity index is 526. The van der Waals surface area contributed by atoms with Gasteiger partial charge in [-0.25, -0.2) is 4.39 Å². The molecule has 1 aliphatic heterocycles. The van der Waals surface area contributed by atoms with Gasteiger partial charge >= 0.3 is 0 Å². The van der Waals surface area contributed by atoms with Gasteiger partial charge in [0.05, 0.1) is 6.10 Å². The average molecular weight is 278 g/mol. The number of hydrogen-bond acceptors (Lipinski definition) is 2. The molecule has 1 N–H and O–H groups in total. The van der Waals surface area contributed by atoms with E-state index in [-0.39, 0.29) is 16.8 Å². The van der Waals surface area contributed by atoms with Crippen molar-refractivity contribution in [1.29, 1.82) is 0 Å². The van der Waals surface area contributed by atoms with Gasteiger partial charge in [-0.2, -0.15) is 0 Å².